The minimum atomic E-state index is -3.24. The summed E-state index contributed by atoms with van der Waals surface area (Å²) in [5.41, 5.74) is 0. The number of hydrogen-bond donors (Lipinski definition) is 0. The van der Waals surface area contributed by atoms with Gasteiger partial charge in [0.15, 0.2) is 0 Å². The summed E-state index contributed by atoms with van der Waals surface area (Å²) in [6, 6.07) is -0.0517. The summed E-state index contributed by atoms with van der Waals surface area (Å²) < 4.78 is 24.9. The molecule has 1 heterocycles. The lowest BCUT2D eigenvalue weighted by atomic mass is 10.1. The number of carbonyl (C=O) groups excluding carboxylic acids is 1. The zero-order valence-electron chi connectivity index (χ0n) is 12.3. The van der Waals surface area contributed by atoms with Gasteiger partial charge >= 0.3 is 0 Å². The third-order valence-electron chi connectivity index (χ3n) is 3.76. The van der Waals surface area contributed by atoms with E-state index >= 15 is 0 Å². The van der Waals surface area contributed by atoms with Gasteiger partial charge in [0.25, 0.3) is 0 Å². The van der Waals surface area contributed by atoms with E-state index in [0.29, 0.717) is 6.54 Å². The van der Waals surface area contributed by atoms with Crippen LogP contribution in [0.15, 0.2) is 0 Å². The first kappa shape index (κ1) is 16.4. The average Bonchev–Trinajstić information content (AvgIpc) is 2.37. The molecule has 1 saturated heterocycles. The van der Waals surface area contributed by atoms with Gasteiger partial charge in [0.1, 0.15) is 0 Å². The SMILES string of the molecule is CCC(C)N(CCC(=O)N1CCCCC1)S(C)(=O)=O. The molecular formula is C13H26N2O3S. The molecule has 0 radical (unpaired) electrons. The summed E-state index contributed by atoms with van der Waals surface area (Å²) in [5, 5.41) is 0. The van der Waals surface area contributed by atoms with Crippen LogP contribution in [0.3, 0.4) is 0 Å². The van der Waals surface area contributed by atoms with Gasteiger partial charge in [-0.1, -0.05) is 6.92 Å². The average molecular weight is 290 g/mol. The molecule has 0 aromatic heterocycles. The van der Waals surface area contributed by atoms with E-state index in [4.69, 9.17) is 0 Å². The van der Waals surface area contributed by atoms with Crippen LogP contribution in [-0.2, 0) is 14.8 Å². The Morgan fingerprint density at radius 3 is 2.32 bits per heavy atom. The van der Waals surface area contributed by atoms with Crippen molar-refractivity contribution < 1.29 is 13.2 Å². The molecule has 1 atom stereocenters. The van der Waals surface area contributed by atoms with Gasteiger partial charge in [-0.2, -0.15) is 4.31 Å². The van der Waals surface area contributed by atoms with Gasteiger partial charge in [-0.05, 0) is 32.6 Å². The fraction of sp³-hybridized carbons (Fsp3) is 0.923. The predicted octanol–water partition coefficient (Wildman–Crippen LogP) is 1.45. The lowest BCUT2D eigenvalue weighted by Crippen LogP contribution is -2.42. The summed E-state index contributed by atoms with van der Waals surface area (Å²) in [7, 11) is -3.24. The maximum Gasteiger partial charge on any atom is 0.223 e. The fourth-order valence-electron chi connectivity index (χ4n) is 2.42. The summed E-state index contributed by atoms with van der Waals surface area (Å²) in [6.45, 7) is 5.77. The van der Waals surface area contributed by atoms with Crippen molar-refractivity contribution >= 4 is 15.9 Å². The Bertz CT molecular complexity index is 389. The molecule has 1 fully saturated rings. The van der Waals surface area contributed by atoms with Gasteiger partial charge in [0.2, 0.25) is 15.9 Å². The van der Waals surface area contributed by atoms with Gasteiger partial charge in [0.05, 0.1) is 6.26 Å². The number of amides is 1. The highest BCUT2D eigenvalue weighted by atomic mass is 32.2. The van der Waals surface area contributed by atoms with Crippen LogP contribution in [0.1, 0.15) is 46.0 Å². The van der Waals surface area contributed by atoms with Crippen LogP contribution < -0.4 is 0 Å². The molecule has 0 saturated carbocycles. The van der Waals surface area contributed by atoms with Crippen molar-refractivity contribution in [1.29, 1.82) is 0 Å². The standard InChI is InChI=1S/C13H26N2O3S/c1-4-12(2)15(19(3,17)18)11-8-13(16)14-9-6-5-7-10-14/h12H,4-11H2,1-3H3. The van der Waals surface area contributed by atoms with E-state index in [1.165, 1.54) is 17.0 Å². The van der Waals surface area contributed by atoms with Crippen molar-refractivity contribution in [2.24, 2.45) is 0 Å². The molecule has 112 valence electrons. The van der Waals surface area contributed by atoms with Crippen molar-refractivity contribution in [3.63, 3.8) is 0 Å². The summed E-state index contributed by atoms with van der Waals surface area (Å²) in [4.78, 5) is 13.9. The Hall–Kier alpha value is -0.620. The fourth-order valence-corrected chi connectivity index (χ4v) is 3.65. The molecule has 6 heteroatoms. The second kappa shape index (κ2) is 7.24. The maximum atomic E-state index is 12.0. The minimum Gasteiger partial charge on any atom is -0.343 e. The van der Waals surface area contributed by atoms with Crippen molar-refractivity contribution in [2.75, 3.05) is 25.9 Å². The molecule has 1 unspecified atom stereocenters. The van der Waals surface area contributed by atoms with E-state index in [0.717, 1.165) is 32.4 Å². The monoisotopic (exact) mass is 290 g/mol. The molecular weight excluding hydrogens is 264 g/mol. The molecule has 1 rings (SSSR count). The van der Waals surface area contributed by atoms with E-state index in [2.05, 4.69) is 0 Å². The van der Waals surface area contributed by atoms with Crippen molar-refractivity contribution in [3.05, 3.63) is 0 Å². The highest BCUT2D eigenvalue weighted by Crippen LogP contribution is 2.13. The van der Waals surface area contributed by atoms with Crippen LogP contribution in [0, 0.1) is 0 Å². The van der Waals surface area contributed by atoms with Gasteiger partial charge in [-0.3, -0.25) is 4.79 Å². The van der Waals surface area contributed by atoms with Crippen LogP contribution >= 0.6 is 0 Å². The summed E-state index contributed by atoms with van der Waals surface area (Å²) >= 11 is 0. The van der Waals surface area contributed by atoms with Gasteiger partial charge in [-0.25, -0.2) is 8.42 Å². The zero-order chi connectivity index (χ0) is 14.5. The van der Waals surface area contributed by atoms with Gasteiger partial charge in [0, 0.05) is 32.1 Å². The van der Waals surface area contributed by atoms with Crippen LogP contribution in [0.2, 0.25) is 0 Å². The van der Waals surface area contributed by atoms with E-state index in [1.807, 2.05) is 18.7 Å². The molecule has 5 nitrogen and oxygen atoms in total. The van der Waals surface area contributed by atoms with E-state index in [9.17, 15) is 13.2 Å². The van der Waals surface area contributed by atoms with Gasteiger partial charge < -0.3 is 4.90 Å². The molecule has 19 heavy (non-hydrogen) atoms. The first-order valence-corrected chi connectivity index (χ1v) is 8.95. The summed E-state index contributed by atoms with van der Waals surface area (Å²) in [6.07, 6.45) is 5.57. The van der Waals surface area contributed by atoms with E-state index in [1.54, 1.807) is 0 Å². The van der Waals surface area contributed by atoms with E-state index in [-0.39, 0.29) is 18.4 Å². The lowest BCUT2D eigenvalue weighted by molar-refractivity contribution is -0.132. The number of likely N-dealkylation sites (tertiary alicyclic amines) is 1. The number of rotatable bonds is 6. The van der Waals surface area contributed by atoms with E-state index < -0.39 is 10.0 Å². The smallest absolute Gasteiger partial charge is 0.223 e. The molecule has 0 aromatic carbocycles. The first-order valence-electron chi connectivity index (χ1n) is 7.11. The van der Waals surface area contributed by atoms with Crippen LogP contribution in [0.4, 0.5) is 0 Å². The second-order valence-corrected chi connectivity index (χ2v) is 7.26. The molecule has 0 N–H and O–H groups in total. The Morgan fingerprint density at radius 2 is 1.84 bits per heavy atom. The second-order valence-electron chi connectivity index (χ2n) is 5.32. The minimum absolute atomic E-state index is 0.0517. The number of carbonyl (C=O) groups is 1. The Labute approximate surface area is 117 Å². The van der Waals surface area contributed by atoms with Crippen molar-refractivity contribution in [2.45, 2.75) is 52.0 Å². The first-order chi connectivity index (χ1) is 8.86. The number of piperidine rings is 1. The van der Waals surface area contributed by atoms with Gasteiger partial charge in [-0.15, -0.1) is 0 Å². The summed E-state index contributed by atoms with van der Waals surface area (Å²) in [5.74, 6) is 0.0802. The highest BCUT2D eigenvalue weighted by molar-refractivity contribution is 7.88. The number of nitrogens with zero attached hydrogens (tertiary/aromatic N) is 2. The van der Waals surface area contributed by atoms with Crippen LogP contribution in [0.25, 0.3) is 0 Å². The lowest BCUT2D eigenvalue weighted by Gasteiger charge is -2.29. The number of hydrogen-bond acceptors (Lipinski definition) is 3. The quantitative estimate of drug-likeness (QED) is 0.744. The zero-order valence-corrected chi connectivity index (χ0v) is 13.1. The Kier molecular flexibility index (Phi) is 6.26. The molecule has 0 aromatic rings. The molecule has 1 amide bonds. The molecule has 0 aliphatic carbocycles. The molecule has 1 aliphatic heterocycles. The van der Waals surface area contributed by atoms with Crippen molar-refractivity contribution in [3.8, 4) is 0 Å². The normalized spacial score (nSPS) is 18.6. The van der Waals surface area contributed by atoms with Crippen LogP contribution in [0.5, 0.6) is 0 Å². The Balaban J connectivity index is 2.54. The topological polar surface area (TPSA) is 57.7 Å². The molecule has 0 bridgehead atoms. The Morgan fingerprint density at radius 1 is 1.26 bits per heavy atom. The molecule has 0 spiro atoms. The maximum absolute atomic E-state index is 12.0. The largest absolute Gasteiger partial charge is 0.343 e. The number of sulfonamides is 1. The highest BCUT2D eigenvalue weighted by Gasteiger charge is 2.24. The van der Waals surface area contributed by atoms with Crippen molar-refractivity contribution in [1.82, 2.24) is 9.21 Å². The third-order valence-corrected chi connectivity index (χ3v) is 5.16. The third kappa shape index (κ3) is 5.10. The van der Waals surface area contributed by atoms with Crippen LogP contribution in [-0.4, -0.2) is 55.5 Å². The predicted molar refractivity (Wildman–Crippen MR) is 76.4 cm³/mol. The molecule has 1 aliphatic rings.